The third-order valence-corrected chi connectivity index (χ3v) is 3.69. The zero-order valence-electron chi connectivity index (χ0n) is 16.7. The topological polar surface area (TPSA) is 213 Å². The summed E-state index contributed by atoms with van der Waals surface area (Å²) in [6, 6.07) is 0. The number of hydrogen-bond acceptors (Lipinski definition) is 7. The number of H-pyrrole nitrogens is 2. The second-order valence-corrected chi connectivity index (χ2v) is 8.14. The lowest BCUT2D eigenvalue weighted by atomic mass is 9.91. The van der Waals surface area contributed by atoms with E-state index in [1.807, 2.05) is 20.8 Å². The zero-order valence-corrected chi connectivity index (χ0v) is 16.7. The van der Waals surface area contributed by atoms with E-state index in [4.69, 9.17) is 17.2 Å². The maximum absolute atomic E-state index is 10.9. The van der Waals surface area contributed by atoms with Crippen LogP contribution in [-0.4, -0.2) is 37.1 Å². The van der Waals surface area contributed by atoms with Crippen molar-refractivity contribution in [3.8, 4) is 0 Å². The molecule has 0 unspecified atom stereocenters. The molecule has 0 aromatic carbocycles. The molecule has 0 aliphatic carbocycles. The predicted octanol–water partition coefficient (Wildman–Crippen LogP) is 1.10. The summed E-state index contributed by atoms with van der Waals surface area (Å²) in [5.74, 6) is -1.52. The second-order valence-electron chi connectivity index (χ2n) is 8.14. The first-order valence-corrected chi connectivity index (χ1v) is 8.26. The first-order valence-electron chi connectivity index (χ1n) is 8.26. The Bertz CT molecular complexity index is 899. The van der Waals surface area contributed by atoms with Crippen LogP contribution in [0.3, 0.4) is 0 Å². The summed E-state index contributed by atoms with van der Waals surface area (Å²) >= 11 is 0. The van der Waals surface area contributed by atoms with Gasteiger partial charge >= 0.3 is 5.69 Å². The van der Waals surface area contributed by atoms with Gasteiger partial charge in [0, 0.05) is 10.8 Å². The molecule has 12 nitrogen and oxygen atoms in total. The molecule has 8 N–H and O–H groups in total. The molecule has 0 fully saturated rings. The van der Waals surface area contributed by atoms with Crippen molar-refractivity contribution >= 4 is 23.2 Å². The molecule has 0 radical (unpaired) electrons. The number of aromatic nitrogens is 4. The molecule has 0 saturated heterocycles. The molecule has 0 atom stereocenters. The summed E-state index contributed by atoms with van der Waals surface area (Å²) in [5.41, 5.74) is 15.9. The Labute approximate surface area is 161 Å². The molecular weight excluding hydrogens is 368 g/mol. The lowest BCUT2D eigenvalue weighted by molar-refractivity contribution is -0.386. The fourth-order valence-corrected chi connectivity index (χ4v) is 2.32. The van der Waals surface area contributed by atoms with Crippen LogP contribution in [0.2, 0.25) is 0 Å². The van der Waals surface area contributed by atoms with Crippen LogP contribution in [-0.2, 0) is 10.8 Å². The number of nitro groups is 1. The van der Waals surface area contributed by atoms with Crippen molar-refractivity contribution in [2.45, 2.75) is 52.4 Å². The van der Waals surface area contributed by atoms with Gasteiger partial charge in [-0.15, -0.1) is 0 Å². The molecule has 12 heteroatoms. The molecule has 2 amide bonds. The summed E-state index contributed by atoms with van der Waals surface area (Å²) in [6.07, 6.45) is 0. The van der Waals surface area contributed by atoms with Crippen LogP contribution in [0.25, 0.3) is 0 Å². The van der Waals surface area contributed by atoms with E-state index < -0.39 is 22.2 Å². The molecule has 2 heterocycles. The predicted molar refractivity (Wildman–Crippen MR) is 103 cm³/mol. The van der Waals surface area contributed by atoms with E-state index in [1.54, 1.807) is 20.8 Å². The SMILES string of the molecule is CC(C)(C)c1[nH]nc(C(N)=O)c1N.CC(C)(C)c1[nH]nc(C(N)=O)c1[N+](=O)[O-]. The second kappa shape index (κ2) is 7.66. The minimum atomic E-state index is -0.909. The van der Waals surface area contributed by atoms with Crippen molar-refractivity contribution in [2.75, 3.05) is 5.73 Å². The van der Waals surface area contributed by atoms with E-state index >= 15 is 0 Å². The third-order valence-electron chi connectivity index (χ3n) is 3.69. The van der Waals surface area contributed by atoms with Gasteiger partial charge in [0.25, 0.3) is 11.8 Å². The van der Waals surface area contributed by atoms with Gasteiger partial charge < -0.3 is 17.2 Å². The number of amides is 2. The maximum Gasteiger partial charge on any atom is 0.323 e. The number of carbonyl (C=O) groups is 2. The molecule has 0 aliphatic heterocycles. The summed E-state index contributed by atoms with van der Waals surface area (Å²) in [4.78, 5) is 31.9. The number of nitrogens with one attached hydrogen (secondary N) is 2. The van der Waals surface area contributed by atoms with E-state index in [2.05, 4.69) is 20.4 Å². The molecule has 2 aromatic heterocycles. The summed E-state index contributed by atoms with van der Waals surface area (Å²) in [5, 5.41) is 23.3. The molecule has 0 saturated carbocycles. The quantitative estimate of drug-likeness (QED) is 0.377. The number of aromatic amines is 2. The van der Waals surface area contributed by atoms with Crippen molar-refractivity contribution in [2.24, 2.45) is 11.5 Å². The fraction of sp³-hybridized carbons (Fsp3) is 0.500. The monoisotopic (exact) mass is 394 g/mol. The minimum absolute atomic E-state index is 0.116. The molecule has 2 rings (SSSR count). The Morgan fingerprint density at radius 3 is 1.57 bits per heavy atom. The van der Waals surface area contributed by atoms with Gasteiger partial charge in [0.05, 0.1) is 16.3 Å². The van der Waals surface area contributed by atoms with Gasteiger partial charge in [-0.3, -0.25) is 29.9 Å². The van der Waals surface area contributed by atoms with Crippen LogP contribution >= 0.6 is 0 Å². The smallest absolute Gasteiger partial charge is 0.323 e. The van der Waals surface area contributed by atoms with Crippen LogP contribution in [0.5, 0.6) is 0 Å². The molecule has 0 aliphatic rings. The minimum Gasteiger partial charge on any atom is -0.395 e. The van der Waals surface area contributed by atoms with E-state index in [-0.39, 0.29) is 22.5 Å². The number of hydrogen-bond donors (Lipinski definition) is 5. The van der Waals surface area contributed by atoms with Crippen LogP contribution in [0.1, 0.15) is 73.9 Å². The number of carbonyl (C=O) groups excluding carboxylic acids is 2. The van der Waals surface area contributed by atoms with E-state index in [9.17, 15) is 19.7 Å². The number of nitrogen functional groups attached to an aromatic ring is 1. The van der Waals surface area contributed by atoms with Gasteiger partial charge in [-0.1, -0.05) is 41.5 Å². The number of nitrogens with two attached hydrogens (primary N) is 3. The van der Waals surface area contributed by atoms with Crippen LogP contribution in [0.4, 0.5) is 11.4 Å². The fourth-order valence-electron chi connectivity index (χ4n) is 2.32. The van der Waals surface area contributed by atoms with Crippen LogP contribution in [0.15, 0.2) is 0 Å². The Morgan fingerprint density at radius 1 is 0.893 bits per heavy atom. The molecule has 2 aromatic rings. The highest BCUT2D eigenvalue weighted by Crippen LogP contribution is 2.31. The Hall–Kier alpha value is -3.44. The number of rotatable bonds is 3. The average molecular weight is 394 g/mol. The van der Waals surface area contributed by atoms with Crippen molar-refractivity contribution < 1.29 is 14.5 Å². The number of primary amides is 2. The molecule has 154 valence electrons. The third kappa shape index (κ3) is 4.84. The lowest BCUT2D eigenvalue weighted by Crippen LogP contribution is -2.16. The Balaban J connectivity index is 0.000000283. The highest BCUT2D eigenvalue weighted by molar-refractivity contribution is 5.96. The zero-order chi connectivity index (χ0) is 22.0. The first kappa shape index (κ1) is 22.6. The van der Waals surface area contributed by atoms with Gasteiger partial charge in [-0.05, 0) is 0 Å². The summed E-state index contributed by atoms with van der Waals surface area (Å²) in [7, 11) is 0. The highest BCUT2D eigenvalue weighted by Gasteiger charge is 2.33. The lowest BCUT2D eigenvalue weighted by Gasteiger charge is -2.16. The van der Waals surface area contributed by atoms with Gasteiger partial charge in [-0.2, -0.15) is 10.2 Å². The van der Waals surface area contributed by atoms with E-state index in [0.29, 0.717) is 11.4 Å². The average Bonchev–Trinajstić information content (AvgIpc) is 3.09. The van der Waals surface area contributed by atoms with Gasteiger partial charge in [-0.25, -0.2) is 0 Å². The van der Waals surface area contributed by atoms with Crippen molar-refractivity contribution in [3.63, 3.8) is 0 Å². The maximum atomic E-state index is 10.9. The standard InChI is InChI=1S/C8H12N4O3.C8H14N4O/c1-8(2,3)6-5(12(14)15)4(7(9)13)10-11-6;1-8(2,3)6-4(9)5(7(10)13)11-12-6/h1-3H3,(H2,9,13)(H,10,11);9H2,1-3H3,(H2,10,13)(H,11,12). The van der Waals surface area contributed by atoms with Crippen molar-refractivity contribution in [3.05, 3.63) is 32.9 Å². The highest BCUT2D eigenvalue weighted by atomic mass is 16.6. The van der Waals surface area contributed by atoms with Gasteiger partial charge in [0.1, 0.15) is 5.69 Å². The molecule has 28 heavy (non-hydrogen) atoms. The number of anilines is 1. The van der Waals surface area contributed by atoms with Crippen molar-refractivity contribution in [1.82, 2.24) is 20.4 Å². The van der Waals surface area contributed by atoms with Gasteiger partial charge in [0.15, 0.2) is 5.69 Å². The Kier molecular flexibility index (Phi) is 6.18. The summed E-state index contributed by atoms with van der Waals surface area (Å²) in [6.45, 7) is 11.2. The molecular formula is C16H26N8O4. The van der Waals surface area contributed by atoms with E-state index in [1.165, 1.54) is 0 Å². The van der Waals surface area contributed by atoms with Gasteiger partial charge in [0.2, 0.25) is 5.69 Å². The van der Waals surface area contributed by atoms with Crippen LogP contribution in [0, 0.1) is 10.1 Å². The summed E-state index contributed by atoms with van der Waals surface area (Å²) < 4.78 is 0. The molecule has 0 bridgehead atoms. The normalized spacial score (nSPS) is 11.5. The van der Waals surface area contributed by atoms with E-state index in [0.717, 1.165) is 5.69 Å². The molecule has 0 spiro atoms. The van der Waals surface area contributed by atoms with Crippen LogP contribution < -0.4 is 17.2 Å². The number of nitrogens with zero attached hydrogens (tertiary/aromatic N) is 3. The Morgan fingerprint density at radius 2 is 1.29 bits per heavy atom. The largest absolute Gasteiger partial charge is 0.395 e. The van der Waals surface area contributed by atoms with Crippen molar-refractivity contribution in [1.29, 1.82) is 0 Å². The first-order chi connectivity index (χ1) is 12.6.